The number of hydrogen-bond acceptors (Lipinski definition) is 5. The standard InChI is InChI=1S/C25H26FN3O3/c26-19-2-3-21-22(15-19)32-27-24(21)16-5-8-28(9-6-16)11-12-31-20-13-17-1-4-23(30)29-10-7-18(14-20)25(17)29/h2-3,13-16H,1,4-12H2. The maximum Gasteiger partial charge on any atom is 0.227 e. The molecule has 3 aliphatic rings. The van der Waals surface area contributed by atoms with Gasteiger partial charge in [-0.3, -0.25) is 9.69 Å². The fourth-order valence-electron chi connectivity index (χ4n) is 5.46. The van der Waals surface area contributed by atoms with Crippen molar-refractivity contribution in [3.05, 3.63) is 53.0 Å². The Bertz CT molecular complexity index is 1180. The molecule has 0 saturated carbocycles. The molecule has 2 aromatic carbocycles. The highest BCUT2D eigenvalue weighted by molar-refractivity contribution is 5.98. The van der Waals surface area contributed by atoms with Crippen molar-refractivity contribution in [1.29, 1.82) is 0 Å². The number of likely N-dealkylation sites (tertiary alicyclic amines) is 1. The third-order valence-electron chi connectivity index (χ3n) is 7.14. The smallest absolute Gasteiger partial charge is 0.227 e. The maximum atomic E-state index is 13.4. The molecule has 0 N–H and O–H groups in total. The monoisotopic (exact) mass is 435 g/mol. The summed E-state index contributed by atoms with van der Waals surface area (Å²) < 4.78 is 24.9. The van der Waals surface area contributed by atoms with E-state index in [1.807, 2.05) is 4.90 Å². The van der Waals surface area contributed by atoms with E-state index in [-0.39, 0.29) is 11.7 Å². The molecule has 0 bridgehead atoms. The quantitative estimate of drug-likeness (QED) is 0.605. The molecule has 6 rings (SSSR count). The van der Waals surface area contributed by atoms with Crippen LogP contribution in [0.3, 0.4) is 0 Å². The minimum absolute atomic E-state index is 0.249. The SMILES string of the molecule is O=C1CCc2cc(OCCN3CCC(c4noc5cc(F)ccc45)CC3)cc3c2N1CC3. The fourth-order valence-corrected chi connectivity index (χ4v) is 5.46. The lowest BCUT2D eigenvalue weighted by Crippen LogP contribution is -2.36. The van der Waals surface area contributed by atoms with Crippen LogP contribution in [0.4, 0.5) is 10.1 Å². The number of hydrogen-bond donors (Lipinski definition) is 0. The molecule has 1 amide bonds. The van der Waals surface area contributed by atoms with Gasteiger partial charge < -0.3 is 14.2 Å². The van der Waals surface area contributed by atoms with Crippen molar-refractivity contribution in [2.24, 2.45) is 0 Å². The lowest BCUT2D eigenvalue weighted by Gasteiger charge is -2.31. The number of piperidine rings is 1. The van der Waals surface area contributed by atoms with Gasteiger partial charge in [-0.25, -0.2) is 4.39 Å². The van der Waals surface area contributed by atoms with E-state index < -0.39 is 0 Å². The largest absolute Gasteiger partial charge is 0.492 e. The average molecular weight is 435 g/mol. The number of aryl methyl sites for hydroxylation is 1. The van der Waals surface area contributed by atoms with Gasteiger partial charge in [-0.1, -0.05) is 5.16 Å². The Kier molecular flexibility index (Phi) is 4.86. The molecule has 0 aliphatic carbocycles. The summed E-state index contributed by atoms with van der Waals surface area (Å²) in [7, 11) is 0. The Morgan fingerprint density at radius 3 is 2.72 bits per heavy atom. The van der Waals surface area contributed by atoms with Crippen LogP contribution in [0.1, 0.15) is 42.0 Å². The van der Waals surface area contributed by atoms with E-state index in [9.17, 15) is 9.18 Å². The van der Waals surface area contributed by atoms with Crippen molar-refractivity contribution in [3.8, 4) is 5.75 Å². The van der Waals surface area contributed by atoms with E-state index in [1.165, 1.54) is 23.3 Å². The predicted molar refractivity (Wildman–Crippen MR) is 119 cm³/mol. The number of fused-ring (bicyclic) bond motifs is 1. The first-order chi connectivity index (χ1) is 15.7. The number of nitrogens with zero attached hydrogens (tertiary/aromatic N) is 3. The minimum Gasteiger partial charge on any atom is -0.492 e. The summed E-state index contributed by atoms with van der Waals surface area (Å²) in [6, 6.07) is 8.88. The molecule has 3 aliphatic heterocycles. The number of rotatable bonds is 5. The predicted octanol–water partition coefficient (Wildman–Crippen LogP) is 4.06. The third-order valence-corrected chi connectivity index (χ3v) is 7.14. The molecule has 7 heteroatoms. The number of anilines is 1. The van der Waals surface area contributed by atoms with Gasteiger partial charge in [0.2, 0.25) is 5.91 Å². The van der Waals surface area contributed by atoms with Gasteiger partial charge in [-0.05, 0) is 74.2 Å². The molecule has 0 spiro atoms. The van der Waals surface area contributed by atoms with Crippen LogP contribution in [0.25, 0.3) is 11.0 Å². The molecule has 1 fully saturated rings. The highest BCUT2D eigenvalue weighted by Gasteiger charge is 2.31. The Hall–Kier alpha value is -2.93. The van der Waals surface area contributed by atoms with Crippen LogP contribution in [0.15, 0.2) is 34.9 Å². The summed E-state index contributed by atoms with van der Waals surface area (Å²) in [6.07, 6.45) is 4.34. The van der Waals surface area contributed by atoms with Gasteiger partial charge in [-0.15, -0.1) is 0 Å². The van der Waals surface area contributed by atoms with Gasteiger partial charge in [-0.2, -0.15) is 0 Å². The summed E-state index contributed by atoms with van der Waals surface area (Å²) in [5.41, 5.74) is 5.10. The van der Waals surface area contributed by atoms with E-state index in [0.717, 1.165) is 74.4 Å². The third kappa shape index (κ3) is 3.45. The first kappa shape index (κ1) is 19.7. The van der Waals surface area contributed by atoms with Crippen LogP contribution in [-0.2, 0) is 17.6 Å². The normalized spacial score (nSPS) is 19.0. The summed E-state index contributed by atoms with van der Waals surface area (Å²) in [6.45, 7) is 4.30. The molecule has 6 nitrogen and oxygen atoms in total. The van der Waals surface area contributed by atoms with E-state index in [2.05, 4.69) is 22.2 Å². The summed E-state index contributed by atoms with van der Waals surface area (Å²) >= 11 is 0. The Balaban J connectivity index is 1.04. The van der Waals surface area contributed by atoms with E-state index in [0.29, 0.717) is 24.5 Å². The highest BCUT2D eigenvalue weighted by atomic mass is 19.1. The molecule has 32 heavy (non-hydrogen) atoms. The zero-order chi connectivity index (χ0) is 21.7. The Labute approximate surface area is 185 Å². The molecule has 1 aromatic heterocycles. The van der Waals surface area contributed by atoms with Crippen LogP contribution in [0.5, 0.6) is 5.75 Å². The van der Waals surface area contributed by atoms with Gasteiger partial charge >= 0.3 is 0 Å². The molecular weight excluding hydrogens is 409 g/mol. The molecule has 1 saturated heterocycles. The van der Waals surface area contributed by atoms with Gasteiger partial charge in [0, 0.05) is 36.9 Å². The number of carbonyl (C=O) groups is 1. The van der Waals surface area contributed by atoms with Crippen LogP contribution in [0.2, 0.25) is 0 Å². The maximum absolute atomic E-state index is 13.4. The number of benzene rings is 2. The van der Waals surface area contributed by atoms with Crippen LogP contribution < -0.4 is 9.64 Å². The summed E-state index contributed by atoms with van der Waals surface area (Å²) in [5.74, 6) is 1.22. The molecule has 4 heterocycles. The lowest BCUT2D eigenvalue weighted by molar-refractivity contribution is -0.118. The van der Waals surface area contributed by atoms with Crippen LogP contribution >= 0.6 is 0 Å². The fraction of sp³-hybridized carbons (Fsp3) is 0.440. The van der Waals surface area contributed by atoms with Crippen molar-refractivity contribution < 1.29 is 18.4 Å². The summed E-state index contributed by atoms with van der Waals surface area (Å²) in [4.78, 5) is 16.5. The lowest BCUT2D eigenvalue weighted by atomic mass is 9.91. The second kappa shape index (κ2) is 7.89. The van der Waals surface area contributed by atoms with Gasteiger partial charge in [0.25, 0.3) is 0 Å². The number of ether oxygens (including phenoxy) is 1. The molecular formula is C25H26FN3O3. The van der Waals surface area contributed by atoms with E-state index in [1.54, 1.807) is 6.07 Å². The first-order valence-electron chi connectivity index (χ1n) is 11.5. The number of halogens is 1. The van der Waals surface area contributed by atoms with Crippen molar-refractivity contribution in [2.45, 2.75) is 38.0 Å². The Morgan fingerprint density at radius 2 is 1.88 bits per heavy atom. The molecule has 0 radical (unpaired) electrons. The Morgan fingerprint density at radius 1 is 1.06 bits per heavy atom. The topological polar surface area (TPSA) is 58.8 Å². The first-order valence-corrected chi connectivity index (χ1v) is 11.5. The number of carbonyl (C=O) groups excluding carboxylic acids is 1. The number of aromatic nitrogens is 1. The molecule has 166 valence electrons. The van der Waals surface area contributed by atoms with E-state index in [4.69, 9.17) is 9.26 Å². The van der Waals surface area contributed by atoms with Gasteiger partial charge in [0.15, 0.2) is 5.58 Å². The van der Waals surface area contributed by atoms with Gasteiger partial charge in [0.1, 0.15) is 18.2 Å². The molecule has 0 atom stereocenters. The second-order valence-corrected chi connectivity index (χ2v) is 9.06. The zero-order valence-electron chi connectivity index (χ0n) is 18.0. The minimum atomic E-state index is -0.298. The second-order valence-electron chi connectivity index (χ2n) is 9.06. The van der Waals surface area contributed by atoms with Crippen molar-refractivity contribution in [1.82, 2.24) is 10.1 Å². The molecule has 0 unspecified atom stereocenters. The van der Waals surface area contributed by atoms with Crippen molar-refractivity contribution in [2.75, 3.05) is 37.7 Å². The van der Waals surface area contributed by atoms with E-state index >= 15 is 0 Å². The van der Waals surface area contributed by atoms with Crippen molar-refractivity contribution >= 4 is 22.6 Å². The van der Waals surface area contributed by atoms with Crippen molar-refractivity contribution in [3.63, 3.8) is 0 Å². The van der Waals surface area contributed by atoms with Crippen LogP contribution in [0, 0.1) is 5.82 Å². The number of amides is 1. The summed E-state index contributed by atoms with van der Waals surface area (Å²) in [5, 5.41) is 5.16. The van der Waals surface area contributed by atoms with Gasteiger partial charge in [0.05, 0.1) is 11.4 Å². The zero-order valence-corrected chi connectivity index (χ0v) is 18.0. The average Bonchev–Trinajstić information content (AvgIpc) is 3.42. The van der Waals surface area contributed by atoms with Crippen LogP contribution in [-0.4, -0.2) is 48.7 Å². The highest BCUT2D eigenvalue weighted by Crippen LogP contribution is 2.39. The molecule has 3 aromatic rings.